The Bertz CT molecular complexity index is 937. The van der Waals surface area contributed by atoms with Gasteiger partial charge in [-0.2, -0.15) is 0 Å². The number of nitrogens with zero attached hydrogens (tertiary/aromatic N) is 5. The average molecular weight is 361 g/mol. The van der Waals surface area contributed by atoms with E-state index in [0.29, 0.717) is 5.25 Å². The van der Waals surface area contributed by atoms with Crippen molar-refractivity contribution >= 4 is 16.9 Å². The summed E-state index contributed by atoms with van der Waals surface area (Å²) in [7, 11) is 0. The van der Waals surface area contributed by atoms with Crippen LogP contribution in [0, 0.1) is 0 Å². The van der Waals surface area contributed by atoms with E-state index in [9.17, 15) is 0 Å². The minimum absolute atomic E-state index is 0.0107. The molecule has 1 fully saturated rings. The van der Waals surface area contributed by atoms with Gasteiger partial charge in [-0.05, 0) is 36.4 Å². The van der Waals surface area contributed by atoms with Crippen molar-refractivity contribution in [1.82, 2.24) is 19.4 Å². The van der Waals surface area contributed by atoms with E-state index < -0.39 is 0 Å². The van der Waals surface area contributed by atoms with E-state index in [-0.39, 0.29) is 12.1 Å². The molecule has 3 atom stereocenters. The summed E-state index contributed by atoms with van der Waals surface area (Å²) in [6.07, 6.45) is 7.66. The molecular weight excluding hydrogens is 342 g/mol. The lowest BCUT2D eigenvalue weighted by atomic mass is 10.0. The van der Waals surface area contributed by atoms with Crippen LogP contribution in [0.2, 0.25) is 0 Å². The molecule has 130 valence electrons. The quantitative estimate of drug-likeness (QED) is 0.711. The Balaban J connectivity index is 1.62. The van der Waals surface area contributed by atoms with Crippen LogP contribution in [0.25, 0.3) is 5.69 Å². The first-order valence-electron chi connectivity index (χ1n) is 8.81. The number of pyridine rings is 2. The maximum atomic E-state index is 5.06. The molecule has 5 rings (SSSR count). The van der Waals surface area contributed by atoms with Crippen molar-refractivity contribution in [3.63, 3.8) is 0 Å². The van der Waals surface area contributed by atoms with Gasteiger partial charge in [0.2, 0.25) is 0 Å². The van der Waals surface area contributed by atoms with Crippen molar-refractivity contribution in [1.29, 1.82) is 0 Å². The summed E-state index contributed by atoms with van der Waals surface area (Å²) in [4.78, 5) is 16.4. The second-order valence-electron chi connectivity index (χ2n) is 6.65. The van der Waals surface area contributed by atoms with Gasteiger partial charge in [-0.15, -0.1) is 0 Å². The lowest BCUT2D eigenvalue weighted by molar-refractivity contribution is 0.312. The highest BCUT2D eigenvalue weighted by atomic mass is 32.2. The fourth-order valence-electron chi connectivity index (χ4n) is 3.80. The van der Waals surface area contributed by atoms with E-state index in [2.05, 4.69) is 56.8 Å². The molecule has 1 saturated heterocycles. The summed E-state index contributed by atoms with van der Waals surface area (Å²) >= 11 is 1.86. The zero-order chi connectivity index (χ0) is 17.5. The molecule has 2 aliphatic heterocycles. The van der Waals surface area contributed by atoms with Gasteiger partial charge in [0, 0.05) is 36.1 Å². The molecule has 2 aliphatic rings. The third-order valence-corrected chi connectivity index (χ3v) is 5.99. The van der Waals surface area contributed by atoms with E-state index in [1.165, 1.54) is 5.69 Å². The zero-order valence-corrected chi connectivity index (χ0v) is 15.3. The third-order valence-electron chi connectivity index (χ3n) is 4.89. The molecule has 0 saturated carbocycles. The average Bonchev–Trinajstić information content (AvgIpc) is 3.37. The van der Waals surface area contributed by atoms with Crippen LogP contribution < -0.4 is 0 Å². The minimum atomic E-state index is 0.0107. The van der Waals surface area contributed by atoms with Gasteiger partial charge < -0.3 is 9.47 Å². The Kier molecular flexibility index (Phi) is 3.78. The summed E-state index contributed by atoms with van der Waals surface area (Å²) in [5.74, 6) is 0. The molecule has 0 N–H and O–H groups in total. The standard InChI is InChI=1S/C20H19N5S/c1-14-13-25-19(17-8-5-11-24(17)15-6-4-9-21-12-15)18(23-20(25)26-14)16-7-2-3-10-22-16/h2-12,14,18-19H,13H2,1H3/t14-,18+,19-/m1/s1. The number of hydrogen-bond acceptors (Lipinski definition) is 5. The van der Waals surface area contributed by atoms with Gasteiger partial charge in [0.05, 0.1) is 23.6 Å². The fourth-order valence-corrected chi connectivity index (χ4v) is 4.90. The largest absolute Gasteiger partial charge is 0.339 e. The second kappa shape index (κ2) is 6.29. The van der Waals surface area contributed by atoms with Gasteiger partial charge in [0.25, 0.3) is 0 Å². The van der Waals surface area contributed by atoms with Crippen LogP contribution in [0.15, 0.2) is 72.2 Å². The van der Waals surface area contributed by atoms with Gasteiger partial charge in [0.1, 0.15) is 6.04 Å². The highest BCUT2D eigenvalue weighted by Crippen LogP contribution is 2.47. The smallest absolute Gasteiger partial charge is 0.160 e. The molecule has 5 heterocycles. The summed E-state index contributed by atoms with van der Waals surface area (Å²) < 4.78 is 2.22. The predicted octanol–water partition coefficient (Wildman–Crippen LogP) is 3.86. The SMILES string of the molecule is C[C@@H]1CN2C(=N[C@@H](c3ccccn3)[C@H]2c2cccn2-c2cccnc2)S1. The summed E-state index contributed by atoms with van der Waals surface area (Å²) in [6, 6.07) is 14.6. The Morgan fingerprint density at radius 1 is 1.08 bits per heavy atom. The Hall–Kier alpha value is -2.60. The highest BCUT2D eigenvalue weighted by molar-refractivity contribution is 8.14. The Labute approximate surface area is 156 Å². The van der Waals surface area contributed by atoms with Crippen LogP contribution in [-0.4, -0.2) is 36.4 Å². The van der Waals surface area contributed by atoms with E-state index in [0.717, 1.165) is 23.1 Å². The first kappa shape index (κ1) is 15.6. The van der Waals surface area contributed by atoms with E-state index in [1.807, 2.05) is 42.4 Å². The summed E-state index contributed by atoms with van der Waals surface area (Å²) in [5, 5.41) is 1.69. The molecule has 6 heteroatoms. The van der Waals surface area contributed by atoms with Crippen LogP contribution in [-0.2, 0) is 0 Å². The van der Waals surface area contributed by atoms with Crippen LogP contribution in [0.5, 0.6) is 0 Å². The van der Waals surface area contributed by atoms with Gasteiger partial charge in [-0.25, -0.2) is 0 Å². The molecule has 5 nitrogen and oxygen atoms in total. The topological polar surface area (TPSA) is 46.3 Å². The number of amidine groups is 1. The molecule has 3 aromatic heterocycles. The maximum Gasteiger partial charge on any atom is 0.160 e. The lowest BCUT2D eigenvalue weighted by Crippen LogP contribution is -2.30. The Morgan fingerprint density at radius 2 is 2.04 bits per heavy atom. The molecule has 26 heavy (non-hydrogen) atoms. The molecule has 0 unspecified atom stereocenters. The summed E-state index contributed by atoms with van der Waals surface area (Å²) in [5.41, 5.74) is 3.31. The molecule has 3 aromatic rings. The van der Waals surface area contributed by atoms with Crippen molar-refractivity contribution in [3.05, 3.63) is 78.6 Å². The van der Waals surface area contributed by atoms with Gasteiger partial charge in [0.15, 0.2) is 5.17 Å². The van der Waals surface area contributed by atoms with E-state index in [4.69, 9.17) is 4.99 Å². The third kappa shape index (κ3) is 2.52. The van der Waals surface area contributed by atoms with Crippen molar-refractivity contribution < 1.29 is 0 Å². The fraction of sp³-hybridized carbons (Fsp3) is 0.250. The first-order chi connectivity index (χ1) is 12.8. The molecule has 0 bridgehead atoms. The molecule has 0 aliphatic carbocycles. The second-order valence-corrected chi connectivity index (χ2v) is 8.06. The molecule has 0 amide bonds. The number of aliphatic imine (C=N–C) groups is 1. The first-order valence-corrected chi connectivity index (χ1v) is 9.69. The number of fused-ring (bicyclic) bond motifs is 1. The van der Waals surface area contributed by atoms with Crippen LogP contribution in [0.4, 0.5) is 0 Å². The Morgan fingerprint density at radius 3 is 2.85 bits per heavy atom. The molecular formula is C20H19N5S. The van der Waals surface area contributed by atoms with Gasteiger partial charge in [-0.1, -0.05) is 24.8 Å². The normalized spacial score (nSPS) is 24.6. The van der Waals surface area contributed by atoms with Crippen molar-refractivity contribution in [3.8, 4) is 5.69 Å². The van der Waals surface area contributed by atoms with Crippen molar-refractivity contribution in [2.75, 3.05) is 6.54 Å². The number of rotatable bonds is 3. The van der Waals surface area contributed by atoms with Crippen LogP contribution >= 0.6 is 11.8 Å². The van der Waals surface area contributed by atoms with Gasteiger partial charge in [-0.3, -0.25) is 15.0 Å². The number of aromatic nitrogens is 3. The number of thioether (sulfide) groups is 1. The highest BCUT2D eigenvalue weighted by Gasteiger charge is 2.44. The zero-order valence-electron chi connectivity index (χ0n) is 14.4. The lowest BCUT2D eigenvalue weighted by Gasteiger charge is -2.28. The van der Waals surface area contributed by atoms with Crippen molar-refractivity contribution in [2.45, 2.75) is 24.3 Å². The molecule has 0 aromatic carbocycles. The predicted molar refractivity (Wildman–Crippen MR) is 104 cm³/mol. The molecule has 0 radical (unpaired) electrons. The van der Waals surface area contributed by atoms with Crippen LogP contribution in [0.1, 0.15) is 30.4 Å². The molecule has 0 spiro atoms. The summed E-state index contributed by atoms with van der Waals surface area (Å²) in [6.45, 7) is 3.27. The monoisotopic (exact) mass is 361 g/mol. The van der Waals surface area contributed by atoms with E-state index in [1.54, 1.807) is 6.20 Å². The minimum Gasteiger partial charge on any atom is -0.339 e. The van der Waals surface area contributed by atoms with Crippen LogP contribution in [0.3, 0.4) is 0 Å². The van der Waals surface area contributed by atoms with E-state index >= 15 is 0 Å². The number of hydrogen-bond donors (Lipinski definition) is 0. The maximum absolute atomic E-state index is 5.06. The van der Waals surface area contributed by atoms with Crippen molar-refractivity contribution in [2.24, 2.45) is 4.99 Å². The van der Waals surface area contributed by atoms with Gasteiger partial charge >= 0.3 is 0 Å².